The van der Waals surface area contributed by atoms with Crippen LogP contribution in [0.25, 0.3) is 0 Å². The van der Waals surface area contributed by atoms with Gasteiger partial charge in [0.15, 0.2) is 20.2 Å². The molecule has 0 aromatic carbocycles. The first-order valence-electron chi connectivity index (χ1n) is 8.56. The van der Waals surface area contributed by atoms with Crippen LogP contribution in [0.1, 0.15) is 52.9 Å². The largest absolute Gasteiger partial charge is 0.741 e. The first kappa shape index (κ1) is 37.3. The average molecular weight is 677 g/mol. The van der Waals surface area contributed by atoms with Crippen LogP contribution >= 0.6 is 0 Å². The molecule has 0 aromatic rings. The summed E-state index contributed by atoms with van der Waals surface area (Å²) in [6.45, 7) is 11.0. The Kier molecular flexibility index (Phi) is 19.6. The van der Waals surface area contributed by atoms with Crippen molar-refractivity contribution in [1.82, 2.24) is 0 Å². The Balaban J connectivity index is -0.000000174. The molecule has 189 valence electrons. The van der Waals surface area contributed by atoms with E-state index in [0.717, 1.165) is 0 Å². The fourth-order valence-electron chi connectivity index (χ4n) is 2.16. The maximum Gasteiger partial charge on any atom is 0.485 e. The van der Waals surface area contributed by atoms with Gasteiger partial charge in [-0.25, -0.2) is 16.8 Å². The topological polar surface area (TPSA) is 114 Å². The molecule has 0 amide bonds. The van der Waals surface area contributed by atoms with Crippen molar-refractivity contribution in [3.05, 3.63) is 0 Å². The number of hydrogen-bond donors (Lipinski definition) is 0. The van der Waals surface area contributed by atoms with Gasteiger partial charge in [-0.1, -0.05) is 27.2 Å². The van der Waals surface area contributed by atoms with Gasteiger partial charge in [0.05, 0.1) is 26.7 Å². The standard InChI is InChI=1S/C12H28N.2CHF3O3S.Ir/c1-5-8-9-12-13(4,10-6-2)11-7-3;2*2-1(3,4)8(5,6)7;/h5-12H2,1-4H3;2*(H,5,6,7);/q+1;;;/p-2. The van der Waals surface area contributed by atoms with Crippen LogP contribution in [0.15, 0.2) is 0 Å². The molecule has 0 unspecified atom stereocenters. The molecule has 0 bridgehead atoms. The van der Waals surface area contributed by atoms with Crippen molar-refractivity contribution in [3.8, 4) is 0 Å². The second kappa shape index (κ2) is 15.8. The van der Waals surface area contributed by atoms with Crippen molar-refractivity contribution in [2.24, 2.45) is 0 Å². The maximum absolute atomic E-state index is 10.7. The van der Waals surface area contributed by atoms with Gasteiger partial charge in [-0.15, -0.1) is 0 Å². The molecule has 0 aliphatic carbocycles. The van der Waals surface area contributed by atoms with Gasteiger partial charge < -0.3 is 13.6 Å². The second-order valence-corrected chi connectivity index (χ2v) is 9.04. The maximum atomic E-state index is 10.7. The summed E-state index contributed by atoms with van der Waals surface area (Å²) < 4.78 is 119. The second-order valence-electron chi connectivity index (χ2n) is 6.30. The molecule has 0 rings (SSSR count). The van der Waals surface area contributed by atoms with Crippen LogP contribution in [-0.2, 0) is 40.3 Å². The first-order chi connectivity index (χ1) is 12.7. The third-order valence-electron chi connectivity index (χ3n) is 3.40. The summed E-state index contributed by atoms with van der Waals surface area (Å²) in [7, 11) is -9.76. The summed E-state index contributed by atoms with van der Waals surface area (Å²) in [6, 6.07) is 0. The van der Waals surface area contributed by atoms with Gasteiger partial charge in [0, 0.05) is 20.1 Å². The summed E-state index contributed by atoms with van der Waals surface area (Å²) in [5, 5.41) is 0. The van der Waals surface area contributed by atoms with Crippen molar-refractivity contribution in [1.29, 1.82) is 0 Å². The smallest absolute Gasteiger partial charge is 0.485 e. The Morgan fingerprint density at radius 2 is 0.933 bits per heavy atom. The number of hydrogen-bond acceptors (Lipinski definition) is 6. The molecule has 0 aromatic heterocycles. The van der Waals surface area contributed by atoms with Gasteiger partial charge in [0.25, 0.3) is 0 Å². The molecule has 0 aliphatic rings. The zero-order chi connectivity index (χ0) is 24.2. The predicted octanol–water partition coefficient (Wildman–Crippen LogP) is 3.54. The van der Waals surface area contributed by atoms with E-state index in [1.54, 1.807) is 0 Å². The van der Waals surface area contributed by atoms with E-state index < -0.39 is 31.3 Å². The molecule has 16 heteroatoms. The Hall–Kier alpha value is 0.00935. The normalized spacial score (nSPS) is 12.7. The van der Waals surface area contributed by atoms with Crippen molar-refractivity contribution >= 4 is 20.2 Å². The number of nitrogens with zero attached hydrogens (tertiary/aromatic N) is 1. The third kappa shape index (κ3) is 19.9. The van der Waals surface area contributed by atoms with Crippen LogP contribution in [0.3, 0.4) is 0 Å². The Bertz CT molecular complexity index is 590. The Labute approximate surface area is 187 Å². The number of rotatable bonds is 8. The number of quaternary nitrogens is 1. The van der Waals surface area contributed by atoms with Crippen LogP contribution in [0.4, 0.5) is 26.3 Å². The van der Waals surface area contributed by atoms with Gasteiger partial charge in [-0.3, -0.25) is 0 Å². The van der Waals surface area contributed by atoms with E-state index in [-0.39, 0.29) is 20.1 Å². The molecule has 0 heterocycles. The summed E-state index contributed by atoms with van der Waals surface area (Å²) in [6.07, 6.45) is 6.80. The fraction of sp³-hybridized carbons (Fsp3) is 1.00. The molecule has 0 fully saturated rings. The molecular formula is C14H28F6IrNO6S2-. The zero-order valence-electron chi connectivity index (χ0n) is 17.0. The van der Waals surface area contributed by atoms with E-state index in [1.807, 2.05) is 0 Å². The molecular weight excluding hydrogens is 648 g/mol. The Morgan fingerprint density at radius 3 is 1.10 bits per heavy atom. The van der Waals surface area contributed by atoms with Crippen LogP contribution < -0.4 is 0 Å². The van der Waals surface area contributed by atoms with Gasteiger partial charge >= 0.3 is 11.0 Å². The fourth-order valence-corrected chi connectivity index (χ4v) is 2.16. The van der Waals surface area contributed by atoms with E-state index in [2.05, 4.69) is 27.8 Å². The van der Waals surface area contributed by atoms with Crippen molar-refractivity contribution in [3.63, 3.8) is 0 Å². The Morgan fingerprint density at radius 1 is 0.667 bits per heavy atom. The van der Waals surface area contributed by atoms with E-state index in [9.17, 15) is 26.3 Å². The van der Waals surface area contributed by atoms with Crippen LogP contribution in [0.2, 0.25) is 0 Å². The van der Waals surface area contributed by atoms with Gasteiger partial charge in [-0.2, -0.15) is 26.3 Å². The molecule has 0 spiro atoms. The van der Waals surface area contributed by atoms with Crippen molar-refractivity contribution < 1.29 is 76.9 Å². The number of alkyl halides is 6. The summed E-state index contributed by atoms with van der Waals surface area (Å²) >= 11 is 0. The van der Waals surface area contributed by atoms with Gasteiger partial charge in [0.2, 0.25) is 0 Å². The van der Waals surface area contributed by atoms with Crippen LogP contribution in [0, 0.1) is 0 Å². The minimum absolute atomic E-state index is 0. The minimum atomic E-state index is -6.09. The molecule has 1 radical (unpaired) electrons. The molecule has 0 atom stereocenters. The molecule has 7 nitrogen and oxygen atoms in total. The number of halogens is 6. The molecule has 0 N–H and O–H groups in total. The van der Waals surface area contributed by atoms with E-state index in [1.165, 1.54) is 56.2 Å². The van der Waals surface area contributed by atoms with Crippen molar-refractivity contribution in [2.75, 3.05) is 26.7 Å². The molecule has 30 heavy (non-hydrogen) atoms. The van der Waals surface area contributed by atoms with Crippen LogP contribution in [0.5, 0.6) is 0 Å². The summed E-state index contributed by atoms with van der Waals surface area (Å²) in [5.41, 5.74) is -11.3. The quantitative estimate of drug-likeness (QED) is 0.128. The monoisotopic (exact) mass is 677 g/mol. The first-order valence-corrected chi connectivity index (χ1v) is 11.4. The van der Waals surface area contributed by atoms with E-state index >= 15 is 0 Å². The summed E-state index contributed by atoms with van der Waals surface area (Å²) in [5.74, 6) is 0. The minimum Gasteiger partial charge on any atom is -0.741 e. The summed E-state index contributed by atoms with van der Waals surface area (Å²) in [4.78, 5) is 0. The number of unbranched alkanes of at least 4 members (excludes halogenated alkanes) is 2. The average Bonchev–Trinajstić information content (AvgIpc) is 2.45. The molecule has 0 aliphatic heterocycles. The van der Waals surface area contributed by atoms with Crippen molar-refractivity contribution in [2.45, 2.75) is 63.9 Å². The molecule has 0 saturated heterocycles. The molecule has 0 saturated carbocycles. The van der Waals surface area contributed by atoms with Gasteiger partial charge in [-0.05, 0) is 25.7 Å². The predicted molar refractivity (Wildman–Crippen MR) is 92.4 cm³/mol. The van der Waals surface area contributed by atoms with Gasteiger partial charge in [0.1, 0.15) is 0 Å². The van der Waals surface area contributed by atoms with E-state index in [4.69, 9.17) is 25.9 Å². The van der Waals surface area contributed by atoms with E-state index in [0.29, 0.717) is 0 Å². The van der Waals surface area contributed by atoms with Crippen LogP contribution in [-0.4, -0.2) is 68.1 Å². The zero-order valence-corrected chi connectivity index (χ0v) is 21.0. The SMILES string of the molecule is CCCCC[N+](C)(CCC)CCC.O=S(=O)([O-])C(F)(F)F.O=S(=O)([O-])C(F)(F)F.[Ir]. The third-order valence-corrected chi connectivity index (χ3v) is 4.53.